The van der Waals surface area contributed by atoms with Gasteiger partial charge in [-0.3, -0.25) is 4.79 Å². The van der Waals surface area contributed by atoms with Crippen LogP contribution in [-0.4, -0.2) is 59.2 Å². The molecule has 0 bridgehead atoms. The van der Waals surface area contributed by atoms with Gasteiger partial charge >= 0.3 is 0 Å². The summed E-state index contributed by atoms with van der Waals surface area (Å²) in [5.74, 6) is 1.58. The Morgan fingerprint density at radius 1 is 1.03 bits per heavy atom. The summed E-state index contributed by atoms with van der Waals surface area (Å²) >= 11 is 0. The van der Waals surface area contributed by atoms with Crippen molar-refractivity contribution in [3.8, 4) is 11.5 Å². The number of morpholine rings is 1. The first-order chi connectivity index (χ1) is 17.1. The van der Waals surface area contributed by atoms with Crippen molar-refractivity contribution in [3.05, 3.63) is 52.6 Å². The Labute approximate surface area is 215 Å². The molecular formula is C27H38N2O6S. The number of hydrogen-bond donors (Lipinski definition) is 1. The normalized spacial score (nSPS) is 15.5. The van der Waals surface area contributed by atoms with Crippen LogP contribution >= 0.6 is 0 Å². The van der Waals surface area contributed by atoms with Gasteiger partial charge in [0.15, 0.2) is 0 Å². The van der Waals surface area contributed by atoms with E-state index in [2.05, 4.69) is 25.2 Å². The van der Waals surface area contributed by atoms with Crippen LogP contribution in [0.15, 0.2) is 35.2 Å². The summed E-state index contributed by atoms with van der Waals surface area (Å²) in [6.07, 6.45) is 0.557. The van der Waals surface area contributed by atoms with Crippen LogP contribution in [0.2, 0.25) is 0 Å². The fourth-order valence-corrected chi connectivity index (χ4v) is 5.96. The van der Waals surface area contributed by atoms with E-state index in [-0.39, 0.29) is 29.2 Å². The van der Waals surface area contributed by atoms with Gasteiger partial charge in [0, 0.05) is 19.5 Å². The minimum absolute atomic E-state index is 0.118. The van der Waals surface area contributed by atoms with E-state index in [1.165, 1.54) is 11.4 Å². The number of sulfonamides is 1. The van der Waals surface area contributed by atoms with Crippen LogP contribution in [-0.2, 0) is 26.0 Å². The van der Waals surface area contributed by atoms with E-state index in [4.69, 9.17) is 14.2 Å². The highest BCUT2D eigenvalue weighted by Crippen LogP contribution is 2.32. The zero-order valence-electron chi connectivity index (χ0n) is 22.1. The molecule has 2 aromatic carbocycles. The topological polar surface area (TPSA) is 94.2 Å². The van der Waals surface area contributed by atoms with E-state index in [9.17, 15) is 13.2 Å². The van der Waals surface area contributed by atoms with Gasteiger partial charge in [-0.1, -0.05) is 13.8 Å². The standard InChI is InChI=1S/C27H38N2O6S/c1-18(2)23-17-24(19(3)15-26(23)34-6)20(4)28-27(30)10-7-21-16-22(8-9-25(21)33-5)36(31,32)29-11-13-35-14-12-29/h8-9,15-18,20H,7,10-14H2,1-6H3,(H,28,30). The average molecular weight is 519 g/mol. The fraction of sp³-hybridized carbons (Fsp3) is 0.519. The number of nitrogens with zero attached hydrogens (tertiary/aromatic N) is 1. The van der Waals surface area contributed by atoms with Crippen molar-refractivity contribution in [1.82, 2.24) is 9.62 Å². The highest BCUT2D eigenvalue weighted by Gasteiger charge is 2.27. The summed E-state index contributed by atoms with van der Waals surface area (Å²) in [5.41, 5.74) is 3.87. The second kappa shape index (κ2) is 12.1. The number of amides is 1. The smallest absolute Gasteiger partial charge is 0.243 e. The lowest BCUT2D eigenvalue weighted by Gasteiger charge is -2.26. The molecule has 36 heavy (non-hydrogen) atoms. The molecule has 0 aromatic heterocycles. The number of benzene rings is 2. The number of methoxy groups -OCH3 is 2. The van der Waals surface area contributed by atoms with Crippen molar-refractivity contribution in [2.75, 3.05) is 40.5 Å². The third kappa shape index (κ3) is 6.38. The van der Waals surface area contributed by atoms with Crippen molar-refractivity contribution in [1.29, 1.82) is 0 Å². The molecule has 1 atom stereocenters. The predicted molar refractivity (Wildman–Crippen MR) is 139 cm³/mol. The molecule has 0 aliphatic carbocycles. The highest BCUT2D eigenvalue weighted by molar-refractivity contribution is 7.89. The van der Waals surface area contributed by atoms with Crippen LogP contribution in [0.5, 0.6) is 11.5 Å². The van der Waals surface area contributed by atoms with Crippen LogP contribution in [0.1, 0.15) is 61.4 Å². The van der Waals surface area contributed by atoms with Gasteiger partial charge in [-0.05, 0) is 78.8 Å². The van der Waals surface area contributed by atoms with Crippen LogP contribution in [0, 0.1) is 6.92 Å². The summed E-state index contributed by atoms with van der Waals surface area (Å²) in [7, 11) is -0.433. The molecule has 2 aromatic rings. The van der Waals surface area contributed by atoms with E-state index in [0.29, 0.717) is 44.0 Å². The molecule has 1 N–H and O–H groups in total. The van der Waals surface area contributed by atoms with E-state index in [1.807, 2.05) is 19.9 Å². The third-order valence-corrected chi connectivity index (χ3v) is 8.46. The maximum atomic E-state index is 13.1. The molecule has 1 heterocycles. The maximum Gasteiger partial charge on any atom is 0.243 e. The molecule has 198 valence electrons. The summed E-state index contributed by atoms with van der Waals surface area (Å²) in [6.45, 7) is 9.62. The Balaban J connectivity index is 1.72. The quantitative estimate of drug-likeness (QED) is 0.512. The Kier molecular flexibility index (Phi) is 9.38. The summed E-state index contributed by atoms with van der Waals surface area (Å²) in [5, 5.41) is 3.08. The molecule has 1 aliphatic rings. The van der Waals surface area contributed by atoms with Gasteiger partial charge in [-0.2, -0.15) is 4.31 Å². The lowest BCUT2D eigenvalue weighted by atomic mass is 9.93. The molecule has 0 saturated carbocycles. The SMILES string of the molecule is COc1ccc(S(=O)(=O)N2CCOCC2)cc1CCC(=O)NC(C)c1cc(C(C)C)c(OC)cc1C. The van der Waals surface area contributed by atoms with Crippen molar-refractivity contribution in [2.45, 2.75) is 57.4 Å². The van der Waals surface area contributed by atoms with E-state index in [1.54, 1.807) is 25.3 Å². The second-order valence-corrected chi connectivity index (χ2v) is 11.3. The summed E-state index contributed by atoms with van der Waals surface area (Å²) in [4.78, 5) is 13.1. The largest absolute Gasteiger partial charge is 0.496 e. The monoisotopic (exact) mass is 518 g/mol. The fourth-order valence-electron chi connectivity index (χ4n) is 4.50. The average Bonchev–Trinajstić information content (AvgIpc) is 2.87. The molecule has 1 saturated heterocycles. The number of hydrogen-bond acceptors (Lipinski definition) is 6. The second-order valence-electron chi connectivity index (χ2n) is 9.38. The Bertz CT molecular complexity index is 1170. The van der Waals surface area contributed by atoms with Gasteiger partial charge in [-0.15, -0.1) is 0 Å². The van der Waals surface area contributed by atoms with Crippen LogP contribution in [0.3, 0.4) is 0 Å². The Morgan fingerprint density at radius 2 is 1.69 bits per heavy atom. The first-order valence-corrected chi connectivity index (χ1v) is 13.7. The van der Waals surface area contributed by atoms with Crippen molar-refractivity contribution in [3.63, 3.8) is 0 Å². The van der Waals surface area contributed by atoms with Gasteiger partial charge in [-0.25, -0.2) is 8.42 Å². The summed E-state index contributed by atoms with van der Waals surface area (Å²) < 4.78 is 43.8. The zero-order valence-corrected chi connectivity index (χ0v) is 22.9. The third-order valence-electron chi connectivity index (χ3n) is 6.57. The van der Waals surface area contributed by atoms with Gasteiger partial charge < -0.3 is 19.5 Å². The number of rotatable bonds is 10. The minimum atomic E-state index is -3.64. The van der Waals surface area contributed by atoms with Crippen molar-refractivity contribution in [2.24, 2.45) is 0 Å². The van der Waals surface area contributed by atoms with E-state index >= 15 is 0 Å². The molecular weight excluding hydrogens is 480 g/mol. The molecule has 3 rings (SSSR count). The predicted octanol–water partition coefficient (Wildman–Crippen LogP) is 3.97. The zero-order chi connectivity index (χ0) is 26.5. The molecule has 1 amide bonds. The molecule has 1 fully saturated rings. The molecule has 0 spiro atoms. The van der Waals surface area contributed by atoms with Crippen LogP contribution in [0.25, 0.3) is 0 Å². The lowest BCUT2D eigenvalue weighted by Crippen LogP contribution is -2.40. The minimum Gasteiger partial charge on any atom is -0.496 e. The number of ether oxygens (including phenoxy) is 3. The van der Waals surface area contributed by atoms with Gasteiger partial charge in [0.05, 0.1) is 38.4 Å². The molecule has 1 aliphatic heterocycles. The highest BCUT2D eigenvalue weighted by atomic mass is 32.2. The first-order valence-electron chi connectivity index (χ1n) is 12.3. The number of carbonyl (C=O) groups is 1. The lowest BCUT2D eigenvalue weighted by molar-refractivity contribution is -0.121. The van der Waals surface area contributed by atoms with Crippen LogP contribution < -0.4 is 14.8 Å². The van der Waals surface area contributed by atoms with Crippen LogP contribution in [0.4, 0.5) is 0 Å². The maximum absolute atomic E-state index is 13.1. The van der Waals surface area contributed by atoms with Crippen molar-refractivity contribution < 1.29 is 27.4 Å². The summed E-state index contributed by atoms with van der Waals surface area (Å²) in [6, 6.07) is 8.75. The van der Waals surface area contributed by atoms with E-state index < -0.39 is 10.0 Å². The number of carbonyl (C=O) groups excluding carboxylic acids is 1. The number of aryl methyl sites for hydroxylation is 2. The first kappa shape index (κ1) is 28.0. The Hall–Kier alpha value is -2.62. The molecule has 1 unspecified atom stereocenters. The van der Waals surface area contributed by atoms with Gasteiger partial charge in [0.1, 0.15) is 11.5 Å². The molecule has 8 nitrogen and oxygen atoms in total. The van der Waals surface area contributed by atoms with Gasteiger partial charge in [0.2, 0.25) is 15.9 Å². The van der Waals surface area contributed by atoms with Gasteiger partial charge in [0.25, 0.3) is 0 Å². The molecule has 0 radical (unpaired) electrons. The number of nitrogens with one attached hydrogen (secondary N) is 1. The Morgan fingerprint density at radius 3 is 2.31 bits per heavy atom. The van der Waals surface area contributed by atoms with Crippen molar-refractivity contribution >= 4 is 15.9 Å². The van der Waals surface area contributed by atoms with E-state index in [0.717, 1.165) is 22.4 Å². The molecule has 9 heteroatoms.